The highest BCUT2D eigenvalue weighted by molar-refractivity contribution is 5.62. The maximum absolute atomic E-state index is 4.23. The van der Waals surface area contributed by atoms with E-state index in [2.05, 4.69) is 88.0 Å². The minimum Gasteiger partial charge on any atom is -0.364 e. The first-order valence-electron chi connectivity index (χ1n) is 9.08. The number of H-pyrrole nitrogens is 1. The normalized spacial score (nSPS) is 13.5. The van der Waals surface area contributed by atoms with Crippen LogP contribution in [0.15, 0.2) is 66.9 Å². The van der Waals surface area contributed by atoms with E-state index in [9.17, 15) is 0 Å². The number of benzene rings is 2. The number of aromatic nitrogens is 2. The fraction of sp³-hybridized carbons (Fsp3) is 0.227. The van der Waals surface area contributed by atoms with Crippen molar-refractivity contribution < 1.29 is 0 Å². The Labute approximate surface area is 154 Å². The molecule has 4 rings (SSSR count). The van der Waals surface area contributed by atoms with E-state index >= 15 is 0 Å². The Morgan fingerprint density at radius 2 is 1.85 bits per heavy atom. The molecule has 26 heavy (non-hydrogen) atoms. The molecular formula is C22H24N4. The molecule has 1 aromatic heterocycles. The molecule has 132 valence electrons. The van der Waals surface area contributed by atoms with Crippen molar-refractivity contribution >= 4 is 5.69 Å². The lowest BCUT2D eigenvalue weighted by Gasteiger charge is -2.18. The SMILES string of the molecule is Cc1ccc(-c2[nH]ncc2CNCc2cccc(N3CC=CC3)c2)cc1. The van der Waals surface area contributed by atoms with E-state index in [4.69, 9.17) is 0 Å². The Morgan fingerprint density at radius 1 is 1.04 bits per heavy atom. The fourth-order valence-electron chi connectivity index (χ4n) is 3.31. The van der Waals surface area contributed by atoms with Gasteiger partial charge in [0.2, 0.25) is 0 Å². The minimum absolute atomic E-state index is 0.787. The molecule has 0 amide bonds. The van der Waals surface area contributed by atoms with Gasteiger partial charge in [-0.3, -0.25) is 5.10 Å². The summed E-state index contributed by atoms with van der Waals surface area (Å²) in [4.78, 5) is 2.37. The first-order chi connectivity index (χ1) is 12.8. The Morgan fingerprint density at radius 3 is 2.65 bits per heavy atom. The number of rotatable bonds is 6. The van der Waals surface area contributed by atoms with Gasteiger partial charge >= 0.3 is 0 Å². The van der Waals surface area contributed by atoms with Crippen molar-refractivity contribution in [3.63, 3.8) is 0 Å². The highest BCUT2D eigenvalue weighted by atomic mass is 15.1. The van der Waals surface area contributed by atoms with Gasteiger partial charge in [-0.25, -0.2) is 0 Å². The van der Waals surface area contributed by atoms with Crippen LogP contribution in [0, 0.1) is 6.92 Å². The van der Waals surface area contributed by atoms with Crippen molar-refractivity contribution in [3.05, 3.63) is 83.6 Å². The van der Waals surface area contributed by atoms with Gasteiger partial charge in [-0.15, -0.1) is 0 Å². The van der Waals surface area contributed by atoms with Crippen LogP contribution < -0.4 is 10.2 Å². The molecule has 0 atom stereocenters. The number of aryl methyl sites for hydroxylation is 1. The number of hydrogen-bond donors (Lipinski definition) is 2. The zero-order chi connectivity index (χ0) is 17.8. The molecule has 2 heterocycles. The maximum atomic E-state index is 4.23. The van der Waals surface area contributed by atoms with Gasteiger partial charge in [0.25, 0.3) is 0 Å². The van der Waals surface area contributed by atoms with Crippen LogP contribution in [0.3, 0.4) is 0 Å². The average molecular weight is 344 g/mol. The summed E-state index contributed by atoms with van der Waals surface area (Å²) in [6.45, 7) is 5.74. The van der Waals surface area contributed by atoms with Crippen molar-refractivity contribution in [1.29, 1.82) is 0 Å². The summed E-state index contributed by atoms with van der Waals surface area (Å²) in [6, 6.07) is 17.3. The summed E-state index contributed by atoms with van der Waals surface area (Å²) in [5.41, 5.74) is 7.31. The van der Waals surface area contributed by atoms with Gasteiger partial charge in [0.15, 0.2) is 0 Å². The van der Waals surface area contributed by atoms with Crippen LogP contribution in [0.2, 0.25) is 0 Å². The lowest BCUT2D eigenvalue weighted by Crippen LogP contribution is -2.19. The zero-order valence-corrected chi connectivity index (χ0v) is 15.1. The quantitative estimate of drug-likeness (QED) is 0.663. The molecule has 1 aliphatic rings. The Kier molecular flexibility index (Phi) is 4.84. The predicted molar refractivity (Wildman–Crippen MR) is 107 cm³/mol. The average Bonchev–Trinajstić information content (AvgIpc) is 3.35. The van der Waals surface area contributed by atoms with Crippen molar-refractivity contribution in [2.75, 3.05) is 18.0 Å². The summed E-state index contributed by atoms with van der Waals surface area (Å²) < 4.78 is 0. The van der Waals surface area contributed by atoms with Crippen LogP contribution in [0.4, 0.5) is 5.69 Å². The molecule has 0 aliphatic carbocycles. The van der Waals surface area contributed by atoms with Crippen LogP contribution in [0.25, 0.3) is 11.3 Å². The molecule has 0 unspecified atom stereocenters. The Balaban J connectivity index is 1.39. The van der Waals surface area contributed by atoms with E-state index in [-0.39, 0.29) is 0 Å². The van der Waals surface area contributed by atoms with E-state index in [1.54, 1.807) is 0 Å². The first-order valence-corrected chi connectivity index (χ1v) is 9.08. The second-order valence-electron chi connectivity index (χ2n) is 6.79. The van der Waals surface area contributed by atoms with Gasteiger partial charge in [-0.05, 0) is 30.2 Å². The van der Waals surface area contributed by atoms with Crippen LogP contribution >= 0.6 is 0 Å². The fourth-order valence-corrected chi connectivity index (χ4v) is 3.31. The molecule has 2 aromatic carbocycles. The van der Waals surface area contributed by atoms with E-state index < -0.39 is 0 Å². The molecule has 0 saturated carbocycles. The first kappa shape index (κ1) is 16.6. The zero-order valence-electron chi connectivity index (χ0n) is 15.1. The van der Waals surface area contributed by atoms with Crippen molar-refractivity contribution in [2.24, 2.45) is 0 Å². The van der Waals surface area contributed by atoms with Crippen LogP contribution in [-0.2, 0) is 13.1 Å². The topological polar surface area (TPSA) is 44.0 Å². The van der Waals surface area contributed by atoms with Gasteiger partial charge < -0.3 is 10.2 Å². The minimum atomic E-state index is 0.787. The monoisotopic (exact) mass is 344 g/mol. The molecule has 0 fully saturated rings. The third-order valence-electron chi connectivity index (χ3n) is 4.80. The van der Waals surface area contributed by atoms with E-state index in [1.807, 2.05) is 6.20 Å². The van der Waals surface area contributed by atoms with E-state index in [0.717, 1.165) is 31.9 Å². The Bertz CT molecular complexity index is 885. The number of nitrogens with one attached hydrogen (secondary N) is 2. The summed E-state index contributed by atoms with van der Waals surface area (Å²) in [5, 5.41) is 10.9. The lowest BCUT2D eigenvalue weighted by atomic mass is 10.1. The molecule has 0 bridgehead atoms. The van der Waals surface area contributed by atoms with Crippen molar-refractivity contribution in [2.45, 2.75) is 20.0 Å². The maximum Gasteiger partial charge on any atom is 0.0695 e. The lowest BCUT2D eigenvalue weighted by molar-refractivity contribution is 0.694. The molecule has 0 spiro atoms. The van der Waals surface area contributed by atoms with Gasteiger partial charge in [0.1, 0.15) is 0 Å². The summed E-state index contributed by atoms with van der Waals surface area (Å²) >= 11 is 0. The van der Waals surface area contributed by atoms with Crippen LogP contribution in [-0.4, -0.2) is 23.3 Å². The summed E-state index contributed by atoms with van der Waals surface area (Å²) in [5.74, 6) is 0. The van der Waals surface area contributed by atoms with E-state index in [1.165, 1.54) is 27.9 Å². The smallest absolute Gasteiger partial charge is 0.0695 e. The Hall–Kier alpha value is -2.85. The second kappa shape index (κ2) is 7.58. The van der Waals surface area contributed by atoms with Crippen LogP contribution in [0.5, 0.6) is 0 Å². The third kappa shape index (κ3) is 3.70. The second-order valence-corrected chi connectivity index (χ2v) is 6.79. The van der Waals surface area contributed by atoms with Crippen molar-refractivity contribution in [1.82, 2.24) is 15.5 Å². The number of anilines is 1. The molecular weight excluding hydrogens is 320 g/mol. The van der Waals surface area contributed by atoms with Crippen molar-refractivity contribution in [3.8, 4) is 11.3 Å². The molecule has 4 nitrogen and oxygen atoms in total. The number of hydrogen-bond acceptors (Lipinski definition) is 3. The molecule has 4 heteroatoms. The van der Waals surface area contributed by atoms with Gasteiger partial charge in [-0.2, -0.15) is 5.10 Å². The van der Waals surface area contributed by atoms with Gasteiger partial charge in [0.05, 0.1) is 11.9 Å². The predicted octanol–water partition coefficient (Wildman–Crippen LogP) is 4.05. The van der Waals surface area contributed by atoms with Gasteiger partial charge in [-0.1, -0.05) is 54.1 Å². The molecule has 2 N–H and O–H groups in total. The van der Waals surface area contributed by atoms with Gasteiger partial charge in [0, 0.05) is 37.4 Å². The molecule has 0 radical (unpaired) electrons. The number of aromatic amines is 1. The third-order valence-corrected chi connectivity index (χ3v) is 4.80. The molecule has 1 aliphatic heterocycles. The highest BCUT2D eigenvalue weighted by Crippen LogP contribution is 2.22. The van der Waals surface area contributed by atoms with Crippen LogP contribution in [0.1, 0.15) is 16.7 Å². The summed E-state index contributed by atoms with van der Waals surface area (Å²) in [7, 11) is 0. The standard InChI is InChI=1S/C22H24N4/c1-17-7-9-19(10-8-17)22-20(16-24-25-22)15-23-14-18-5-4-6-21(13-18)26-11-2-3-12-26/h2-10,13,16,23H,11-12,14-15H2,1H3,(H,24,25). The highest BCUT2D eigenvalue weighted by Gasteiger charge is 2.09. The molecule has 0 saturated heterocycles. The molecule has 3 aromatic rings. The largest absolute Gasteiger partial charge is 0.364 e. The number of nitrogens with zero attached hydrogens (tertiary/aromatic N) is 2. The summed E-state index contributed by atoms with van der Waals surface area (Å²) in [6.07, 6.45) is 6.35. The van der Waals surface area contributed by atoms with E-state index in [0.29, 0.717) is 0 Å².